The molecule has 0 spiro atoms. The maximum Gasteiger partial charge on any atom is 0.361 e. The Morgan fingerprint density at radius 2 is 1.36 bits per heavy atom. The van der Waals surface area contributed by atoms with Gasteiger partial charge in [-0.3, -0.25) is 23.7 Å². The number of esters is 2. The number of fused-ring (bicyclic) bond motifs is 1. The molecule has 2 aliphatic rings. The van der Waals surface area contributed by atoms with E-state index < -0.39 is 68.8 Å². The summed E-state index contributed by atoms with van der Waals surface area (Å²) in [7, 11) is 1.53. The van der Waals surface area contributed by atoms with Crippen molar-refractivity contribution in [3.63, 3.8) is 0 Å². The molecule has 4 aromatic carbocycles. The average molecular weight is 1320 g/mol. The number of amides is 2. The molecule has 2 amide bonds. The molecule has 482 valence electrons. The van der Waals surface area contributed by atoms with E-state index in [2.05, 4.69) is 47.9 Å². The van der Waals surface area contributed by atoms with Gasteiger partial charge in [0.05, 0.1) is 37.5 Å². The maximum atomic E-state index is 14.7. The predicted octanol–water partition coefficient (Wildman–Crippen LogP) is 12.9. The van der Waals surface area contributed by atoms with Crippen LogP contribution >= 0.6 is 58.2 Å². The van der Waals surface area contributed by atoms with Crippen LogP contribution in [0.25, 0.3) is 0 Å². The average Bonchev–Trinajstić information content (AvgIpc) is 1.19. The van der Waals surface area contributed by atoms with E-state index in [1.54, 1.807) is 56.7 Å². The number of anilines is 1. The largest absolute Gasteiger partial charge is 0.497 e. The van der Waals surface area contributed by atoms with Gasteiger partial charge in [-0.2, -0.15) is 0 Å². The van der Waals surface area contributed by atoms with E-state index in [9.17, 15) is 33.9 Å². The number of rotatable bonds is 32. The second-order valence-electron chi connectivity index (χ2n) is 22.8. The van der Waals surface area contributed by atoms with E-state index in [0.29, 0.717) is 22.0 Å². The minimum atomic E-state index is -1.40. The van der Waals surface area contributed by atoms with Crippen LogP contribution in [0.4, 0.5) is 5.13 Å². The Kier molecular flexibility index (Phi) is 26.6. The van der Waals surface area contributed by atoms with Gasteiger partial charge in [-0.25, -0.2) is 19.4 Å². The van der Waals surface area contributed by atoms with Crippen molar-refractivity contribution in [1.29, 1.82) is 0 Å². The molecule has 18 nitrogen and oxygen atoms in total. The van der Waals surface area contributed by atoms with E-state index in [0.717, 1.165) is 51.7 Å². The minimum absolute atomic E-state index is 0.0320. The first-order valence-corrected chi connectivity index (χ1v) is 35.5. The number of aromatic nitrogens is 2. The van der Waals surface area contributed by atoms with Crippen molar-refractivity contribution in [3.05, 3.63) is 176 Å². The zero-order valence-corrected chi connectivity index (χ0v) is 56.8. The van der Waals surface area contributed by atoms with Gasteiger partial charge >= 0.3 is 17.9 Å². The van der Waals surface area contributed by atoms with Gasteiger partial charge in [-0.15, -0.1) is 46.6 Å². The molecule has 23 heteroatoms. The number of thioether (sulfide) groups is 3. The first-order chi connectivity index (χ1) is 43.4. The van der Waals surface area contributed by atoms with E-state index in [1.165, 1.54) is 117 Å². The number of nitrogens with one attached hydrogen (secondary N) is 3. The fourth-order valence-corrected chi connectivity index (χ4v) is 15.1. The standard InChI is InChI=1S/C51H48N6O11S5.C16H36N/c1-50(2,3)67-46(64)47(69-5)68-55-37(35-28-72-49(52-35)54-51(31-15-9-6-10-16-31,32-17-11-7-12-18-32)33-19-13-8-14-20-33)41(59)53-38-42(60)57-39(45(63)66-25-29-21-23-34(65-4)24-22-29)30(26-70-43(38)57)27-71-48-36(44(61)62)40(58)56-73-48;1-5-9-13-17(14-10-6-2,15-11-7-3)16-12-8-4/h6-24,28,38,43,47H,25-27H2,1-5H3,(H,52,54)(H,53,59)(H,56,58)(H,61,62);5-16H2,1-4H3/q;+1/b55-37-;/t38-,43+,47-;/m1./s1. The van der Waals surface area contributed by atoms with Gasteiger partial charge in [0.1, 0.15) is 46.3 Å². The van der Waals surface area contributed by atoms with Crippen LogP contribution in [0, 0.1) is 0 Å². The Morgan fingerprint density at radius 1 is 0.811 bits per heavy atom. The number of hydrogen-bond donors (Lipinski definition) is 4. The topological polar surface area (TPSA) is 228 Å². The van der Waals surface area contributed by atoms with Gasteiger partial charge in [0.15, 0.2) is 16.4 Å². The lowest BCUT2D eigenvalue weighted by molar-refractivity contribution is -0.929. The Morgan fingerprint density at radius 3 is 1.84 bits per heavy atom. The number of carbonyl (C=O) groups excluding carboxylic acids is 4. The molecule has 2 aliphatic heterocycles. The molecule has 0 saturated carbocycles. The Balaban J connectivity index is 0.000000591. The molecule has 4 heterocycles. The minimum Gasteiger partial charge on any atom is -0.497 e. The number of carbonyl (C=O) groups is 5. The zero-order chi connectivity index (χ0) is 64.8. The second-order valence-corrected chi connectivity index (χ2v) is 27.8. The maximum absolute atomic E-state index is 14.7. The van der Waals surface area contributed by atoms with Crippen LogP contribution in [0.1, 0.15) is 138 Å². The van der Waals surface area contributed by atoms with E-state index in [-0.39, 0.29) is 39.4 Å². The highest BCUT2D eigenvalue weighted by molar-refractivity contribution is 8.02. The number of oxime groups is 1. The van der Waals surface area contributed by atoms with Gasteiger partial charge in [0, 0.05) is 16.9 Å². The fourth-order valence-electron chi connectivity index (χ4n) is 10.5. The van der Waals surface area contributed by atoms with Gasteiger partial charge < -0.3 is 39.3 Å². The van der Waals surface area contributed by atoms with Crippen molar-refractivity contribution < 1.29 is 52.6 Å². The molecule has 0 radical (unpaired) electrons. The number of hydrogen-bond acceptors (Lipinski definition) is 18. The number of carboxylic acids is 1. The monoisotopic (exact) mass is 1320 g/mol. The number of unbranched alkanes of at least 4 members (excludes halogenated alkanes) is 4. The fraction of sp³-hybridized carbons (Fsp3) is 0.433. The molecular formula is C67H84N7O11S5+. The van der Waals surface area contributed by atoms with Crippen molar-refractivity contribution in [1.82, 2.24) is 19.6 Å². The summed E-state index contributed by atoms with van der Waals surface area (Å²) in [6.07, 6.45) is 12.7. The summed E-state index contributed by atoms with van der Waals surface area (Å²) in [6, 6.07) is 35.3. The molecule has 3 atom stereocenters. The summed E-state index contributed by atoms with van der Waals surface area (Å²) in [5.41, 5.74) is -0.850. The summed E-state index contributed by atoms with van der Waals surface area (Å²) in [4.78, 5) is 92.5. The van der Waals surface area contributed by atoms with Crippen LogP contribution in [0.5, 0.6) is 5.75 Å². The highest BCUT2D eigenvalue weighted by atomic mass is 32.2. The highest BCUT2D eigenvalue weighted by Crippen LogP contribution is 2.44. The van der Waals surface area contributed by atoms with Crippen LogP contribution in [-0.2, 0) is 45.6 Å². The summed E-state index contributed by atoms with van der Waals surface area (Å²) in [5.74, 6) is -3.66. The number of nitrogens with zero attached hydrogens (tertiary/aromatic N) is 4. The molecule has 1 fully saturated rings. The summed E-state index contributed by atoms with van der Waals surface area (Å²) in [6.45, 7) is 20.0. The SMILES string of the molecule is CCCC[N+](CCCC)(CCCC)CCCC.COc1ccc(COC(=O)C2=C(CSc3s[nH]c(=O)c3C(=O)O)CS[C@H]3[C@H](NC(=O)/C(=N\O[C@H](SC)C(=O)OC(C)(C)C)c4csc(NC(c5ccccc5)(c5ccccc5)c5ccccc5)n4)C(=O)N23)cc1. The third-order valence-corrected chi connectivity index (χ3v) is 20.2. The van der Waals surface area contributed by atoms with Crippen molar-refractivity contribution in [3.8, 4) is 5.75 Å². The molecule has 0 unspecified atom stereocenters. The molecule has 0 bridgehead atoms. The second kappa shape index (κ2) is 34.0. The normalized spacial score (nSPS) is 15.4. The number of H-pyrrole nitrogens is 1. The van der Waals surface area contributed by atoms with E-state index >= 15 is 0 Å². The Hall–Kier alpha value is -6.89. The lowest BCUT2D eigenvalue weighted by Gasteiger charge is -2.49. The number of benzene rings is 4. The first-order valence-electron chi connectivity index (χ1n) is 30.5. The molecule has 0 aliphatic carbocycles. The molecule has 6 aromatic rings. The van der Waals surface area contributed by atoms with Gasteiger partial charge in [0.2, 0.25) is 0 Å². The summed E-state index contributed by atoms with van der Waals surface area (Å²) < 4.78 is 20.6. The molecule has 8 rings (SSSR count). The van der Waals surface area contributed by atoms with Gasteiger partial charge in [-0.1, -0.05) is 173 Å². The molecule has 4 N–H and O–H groups in total. The van der Waals surface area contributed by atoms with Crippen LogP contribution < -0.4 is 20.9 Å². The van der Waals surface area contributed by atoms with Crippen molar-refractivity contribution >= 4 is 98.7 Å². The smallest absolute Gasteiger partial charge is 0.361 e. The molecule has 2 aromatic heterocycles. The van der Waals surface area contributed by atoms with E-state index in [4.69, 9.17) is 24.0 Å². The van der Waals surface area contributed by atoms with Gasteiger partial charge in [0.25, 0.3) is 22.8 Å². The van der Waals surface area contributed by atoms with Crippen LogP contribution in [0.3, 0.4) is 0 Å². The van der Waals surface area contributed by atoms with Crippen LogP contribution in [-0.4, -0.2) is 133 Å². The van der Waals surface area contributed by atoms with Crippen molar-refractivity contribution in [2.45, 2.75) is 139 Å². The predicted molar refractivity (Wildman–Crippen MR) is 363 cm³/mol. The number of carboxylic acid groups (broad SMARTS) is 1. The Bertz CT molecular complexity index is 3310. The first kappa shape index (κ1) is 70.6. The van der Waals surface area contributed by atoms with Crippen molar-refractivity contribution in [2.75, 3.05) is 56.4 Å². The zero-order valence-electron chi connectivity index (χ0n) is 52.7. The third kappa shape index (κ3) is 18.2. The Labute approximate surface area is 549 Å². The number of thiazole rings is 1. The van der Waals surface area contributed by atoms with Crippen LogP contribution in [0.15, 0.2) is 146 Å². The number of methoxy groups -OCH3 is 1. The lowest BCUT2D eigenvalue weighted by Crippen LogP contribution is -2.71. The molecule has 90 heavy (non-hydrogen) atoms. The number of β-lactam (4-membered cyclic amide) rings is 1. The third-order valence-electron chi connectivity index (χ3n) is 15.2. The molecular weight excluding hydrogens is 1240 g/mol. The number of ether oxygens (including phenoxy) is 3. The van der Waals surface area contributed by atoms with E-state index in [1.807, 2.05) is 91.0 Å². The van der Waals surface area contributed by atoms with Crippen molar-refractivity contribution in [2.24, 2.45) is 5.16 Å². The number of quaternary nitrogens is 1. The molecule has 1 saturated heterocycles. The summed E-state index contributed by atoms with van der Waals surface area (Å²) in [5, 5.41) is 21.7. The van der Waals surface area contributed by atoms with Crippen LogP contribution in [0.2, 0.25) is 0 Å². The summed E-state index contributed by atoms with van der Waals surface area (Å²) >= 11 is 5.35. The highest BCUT2D eigenvalue weighted by Gasteiger charge is 2.55. The number of aromatic amines is 1. The lowest BCUT2D eigenvalue weighted by atomic mass is 9.77. The number of aromatic carboxylic acids is 1. The van der Waals surface area contributed by atoms with Gasteiger partial charge in [-0.05, 0) is 92.7 Å². The quantitative estimate of drug-likeness (QED) is 0.00450.